The number of urea groups is 1. The van der Waals surface area contributed by atoms with E-state index in [1.54, 1.807) is 14.1 Å². The van der Waals surface area contributed by atoms with E-state index < -0.39 is 0 Å². The summed E-state index contributed by atoms with van der Waals surface area (Å²) in [5.41, 5.74) is 1.82. The minimum absolute atomic E-state index is 0.0100. The average molecular weight is 418 g/mol. The van der Waals surface area contributed by atoms with Crippen molar-refractivity contribution >= 4 is 11.9 Å². The number of hydrogen-bond donors (Lipinski definition) is 2. The summed E-state index contributed by atoms with van der Waals surface area (Å²) in [5.74, 6) is 0.299. The van der Waals surface area contributed by atoms with E-state index in [9.17, 15) is 19.5 Å². The van der Waals surface area contributed by atoms with E-state index in [0.29, 0.717) is 32.7 Å². The number of aliphatic hydroxyl groups excluding tert-OH is 1. The van der Waals surface area contributed by atoms with Gasteiger partial charge in [-0.15, -0.1) is 0 Å². The molecular weight excluding hydrogens is 386 g/mol. The molecular formula is C21H31N5O4. The molecule has 2 N–H and O–H groups in total. The van der Waals surface area contributed by atoms with Crippen molar-refractivity contribution in [2.75, 3.05) is 46.8 Å². The van der Waals surface area contributed by atoms with E-state index in [-0.39, 0.29) is 42.0 Å². The number of fused-ring (bicyclic) bond motifs is 4. The third-order valence-electron chi connectivity index (χ3n) is 6.47. The maximum absolute atomic E-state index is 13.1. The molecule has 4 rings (SSSR count). The van der Waals surface area contributed by atoms with Crippen molar-refractivity contribution in [2.45, 2.75) is 38.0 Å². The van der Waals surface area contributed by atoms with Crippen molar-refractivity contribution in [3.63, 3.8) is 0 Å². The van der Waals surface area contributed by atoms with E-state index in [1.807, 2.05) is 21.6 Å². The molecule has 9 heteroatoms. The highest BCUT2D eigenvalue weighted by Crippen LogP contribution is 2.35. The summed E-state index contributed by atoms with van der Waals surface area (Å²) < 4.78 is 1.90. The number of nitrogens with one attached hydrogen (secondary N) is 1. The predicted octanol–water partition coefficient (Wildman–Crippen LogP) is -0.368. The molecule has 0 aromatic carbocycles. The molecule has 1 aromatic heterocycles. The maximum atomic E-state index is 13.1. The second kappa shape index (κ2) is 8.39. The number of β-amino-alcohol motifs (C(OH)–C–C–N with tert-alkyl or cyclic N) is 1. The molecule has 1 aromatic rings. The van der Waals surface area contributed by atoms with Gasteiger partial charge in [-0.25, -0.2) is 4.79 Å². The first-order chi connectivity index (χ1) is 14.3. The van der Waals surface area contributed by atoms with Gasteiger partial charge in [-0.05, 0) is 24.8 Å². The highest BCUT2D eigenvalue weighted by molar-refractivity contribution is 5.84. The number of aromatic nitrogens is 1. The number of piperidine rings is 1. The molecule has 30 heavy (non-hydrogen) atoms. The number of pyridine rings is 1. The number of hydrogen-bond acceptors (Lipinski definition) is 5. The largest absolute Gasteiger partial charge is 0.392 e. The van der Waals surface area contributed by atoms with Crippen LogP contribution in [0.15, 0.2) is 16.9 Å². The van der Waals surface area contributed by atoms with Crippen LogP contribution in [0, 0.1) is 5.92 Å². The maximum Gasteiger partial charge on any atom is 0.317 e. The molecule has 9 nitrogen and oxygen atoms in total. The Morgan fingerprint density at radius 2 is 2.00 bits per heavy atom. The Balaban J connectivity index is 1.45. The fourth-order valence-electron chi connectivity index (χ4n) is 4.93. The predicted molar refractivity (Wildman–Crippen MR) is 111 cm³/mol. The second-order valence-electron chi connectivity index (χ2n) is 9.03. The second-order valence-corrected chi connectivity index (χ2v) is 9.03. The monoisotopic (exact) mass is 417 g/mol. The van der Waals surface area contributed by atoms with E-state index in [4.69, 9.17) is 0 Å². The number of rotatable bonds is 4. The summed E-state index contributed by atoms with van der Waals surface area (Å²) in [7, 11) is 3.28. The molecule has 2 bridgehead atoms. The van der Waals surface area contributed by atoms with Crippen LogP contribution in [-0.4, -0.2) is 89.2 Å². The third-order valence-corrected chi connectivity index (χ3v) is 6.47. The summed E-state index contributed by atoms with van der Waals surface area (Å²) in [4.78, 5) is 42.8. The third kappa shape index (κ3) is 4.22. The SMILES string of the molecule is CN(C)C(=O)NCC(=O)N1C[C@@H]2C[C@H](C1)c1ccc(CN3CC[C@@H](O)C3)c(=O)n1C2. The topological polar surface area (TPSA) is 98.1 Å². The lowest BCUT2D eigenvalue weighted by molar-refractivity contribution is -0.132. The van der Waals surface area contributed by atoms with Crippen LogP contribution in [0.5, 0.6) is 0 Å². The first-order valence-electron chi connectivity index (χ1n) is 10.7. The van der Waals surface area contributed by atoms with Gasteiger partial charge in [0.1, 0.15) is 0 Å². The van der Waals surface area contributed by atoms with Gasteiger partial charge in [0.15, 0.2) is 0 Å². The smallest absolute Gasteiger partial charge is 0.317 e. The van der Waals surface area contributed by atoms with Crippen LogP contribution < -0.4 is 10.9 Å². The Hall–Kier alpha value is -2.39. The Bertz CT molecular complexity index is 883. The van der Waals surface area contributed by atoms with Gasteiger partial charge in [0.05, 0.1) is 12.6 Å². The number of nitrogens with zero attached hydrogens (tertiary/aromatic N) is 4. The molecule has 0 spiro atoms. The standard InChI is InChI=1S/C21H31N5O4/c1-23(2)21(30)22-8-19(28)25-9-14-7-16(12-25)18-4-3-15(20(29)26(18)10-14)11-24-6-5-17(27)13-24/h3-4,14,16-17,27H,5-13H2,1-2H3,(H,22,30)/t14-,16+,17+/m0/s1. The van der Waals surface area contributed by atoms with Gasteiger partial charge in [-0.3, -0.25) is 14.5 Å². The van der Waals surface area contributed by atoms with Crippen LogP contribution in [0.25, 0.3) is 0 Å². The molecule has 0 saturated carbocycles. The number of likely N-dealkylation sites (tertiary alicyclic amines) is 2. The van der Waals surface area contributed by atoms with Crippen molar-refractivity contribution in [1.29, 1.82) is 0 Å². The first-order valence-corrected chi connectivity index (χ1v) is 10.7. The van der Waals surface area contributed by atoms with Crippen molar-refractivity contribution in [1.82, 2.24) is 24.6 Å². The summed E-state index contributed by atoms with van der Waals surface area (Å²) in [5, 5.41) is 12.4. The molecule has 2 fully saturated rings. The van der Waals surface area contributed by atoms with Gasteiger partial charge in [-0.1, -0.05) is 6.07 Å². The van der Waals surface area contributed by atoms with Crippen molar-refractivity contribution < 1.29 is 14.7 Å². The quantitative estimate of drug-likeness (QED) is 0.697. The van der Waals surface area contributed by atoms with Crippen molar-refractivity contribution in [2.24, 2.45) is 5.92 Å². The van der Waals surface area contributed by atoms with Crippen LogP contribution in [0.4, 0.5) is 4.79 Å². The molecule has 0 unspecified atom stereocenters. The summed E-state index contributed by atoms with van der Waals surface area (Å²) in [6.07, 6.45) is 1.44. The lowest BCUT2D eigenvalue weighted by Crippen LogP contribution is -2.52. The molecule has 0 aliphatic carbocycles. The molecule has 3 aliphatic rings. The Morgan fingerprint density at radius 1 is 1.20 bits per heavy atom. The molecule has 3 amide bonds. The fourth-order valence-corrected chi connectivity index (χ4v) is 4.93. The van der Waals surface area contributed by atoms with Gasteiger partial charge in [0.25, 0.3) is 5.56 Å². The van der Waals surface area contributed by atoms with Crippen LogP contribution >= 0.6 is 0 Å². The number of aliphatic hydroxyl groups is 1. The van der Waals surface area contributed by atoms with Gasteiger partial charge in [-0.2, -0.15) is 0 Å². The van der Waals surface area contributed by atoms with E-state index in [2.05, 4.69) is 10.2 Å². The van der Waals surface area contributed by atoms with Crippen molar-refractivity contribution in [3.8, 4) is 0 Å². The Kier molecular flexibility index (Phi) is 5.84. The highest BCUT2D eigenvalue weighted by Gasteiger charge is 2.36. The Labute approximate surface area is 176 Å². The number of carbonyl (C=O) groups is 2. The average Bonchev–Trinajstić information content (AvgIpc) is 3.12. The van der Waals surface area contributed by atoms with Crippen LogP contribution in [0.1, 0.15) is 30.0 Å². The molecule has 2 saturated heterocycles. The van der Waals surface area contributed by atoms with Crippen LogP contribution in [0.2, 0.25) is 0 Å². The lowest BCUT2D eigenvalue weighted by atomic mass is 9.83. The van der Waals surface area contributed by atoms with E-state index in [0.717, 1.165) is 30.6 Å². The van der Waals surface area contributed by atoms with Crippen LogP contribution in [0.3, 0.4) is 0 Å². The first kappa shape index (κ1) is 20.9. The summed E-state index contributed by atoms with van der Waals surface area (Å²) in [6, 6.07) is 3.67. The minimum atomic E-state index is -0.296. The number of amides is 3. The van der Waals surface area contributed by atoms with Gasteiger partial charge < -0.3 is 24.8 Å². The molecule has 3 aliphatic heterocycles. The minimum Gasteiger partial charge on any atom is -0.392 e. The van der Waals surface area contributed by atoms with E-state index in [1.165, 1.54) is 4.90 Å². The molecule has 3 atom stereocenters. The van der Waals surface area contributed by atoms with Crippen LogP contribution in [-0.2, 0) is 17.9 Å². The zero-order valence-corrected chi connectivity index (χ0v) is 17.7. The summed E-state index contributed by atoms with van der Waals surface area (Å²) in [6.45, 7) is 3.80. The molecule has 4 heterocycles. The zero-order valence-electron chi connectivity index (χ0n) is 17.7. The van der Waals surface area contributed by atoms with E-state index >= 15 is 0 Å². The van der Waals surface area contributed by atoms with Crippen molar-refractivity contribution in [3.05, 3.63) is 33.7 Å². The normalized spacial score (nSPS) is 25.7. The fraction of sp³-hybridized carbons (Fsp3) is 0.667. The Morgan fingerprint density at radius 3 is 2.70 bits per heavy atom. The number of carbonyl (C=O) groups excluding carboxylic acids is 2. The van der Waals surface area contributed by atoms with Gasteiger partial charge >= 0.3 is 6.03 Å². The molecule has 0 radical (unpaired) electrons. The summed E-state index contributed by atoms with van der Waals surface area (Å²) >= 11 is 0. The lowest BCUT2D eigenvalue weighted by Gasteiger charge is -2.43. The van der Waals surface area contributed by atoms with Gasteiger partial charge in [0.2, 0.25) is 5.91 Å². The van der Waals surface area contributed by atoms with Gasteiger partial charge in [0, 0.05) is 70.5 Å². The zero-order chi connectivity index (χ0) is 21.4. The molecule has 164 valence electrons. The highest BCUT2D eigenvalue weighted by atomic mass is 16.3.